The van der Waals surface area contributed by atoms with E-state index in [2.05, 4.69) is 13.2 Å². The molecule has 3 aromatic rings. The van der Waals surface area contributed by atoms with E-state index in [-0.39, 0.29) is 49.1 Å². The number of nitrogens with zero attached hydrogens (tertiary/aromatic N) is 1. The van der Waals surface area contributed by atoms with Gasteiger partial charge in [-0.3, -0.25) is 28.9 Å². The molecular weight excluding hydrogens is 566 g/mol. The van der Waals surface area contributed by atoms with Crippen molar-refractivity contribution in [3.05, 3.63) is 119 Å². The average molecular weight is 600 g/mol. The number of amides is 2. The minimum atomic E-state index is -0.703. The van der Waals surface area contributed by atoms with Crippen molar-refractivity contribution in [3.8, 4) is 11.5 Å². The smallest absolute Gasteiger partial charge is 0.326 e. The minimum Gasteiger partial charge on any atom is -0.491 e. The number of ketones is 2. The number of carbonyl (C=O) groups is 5. The lowest BCUT2D eigenvalue weighted by Gasteiger charge is -2.13. The van der Waals surface area contributed by atoms with Crippen molar-refractivity contribution in [2.75, 3.05) is 33.0 Å². The zero-order valence-corrected chi connectivity index (χ0v) is 24.5. The fourth-order valence-corrected chi connectivity index (χ4v) is 3.93. The molecule has 0 fully saturated rings. The average Bonchev–Trinajstić information content (AvgIpc) is 3.27. The molecule has 0 atom stereocenters. The number of aliphatic hydroxyl groups excluding tert-OH is 1. The third-order valence-electron chi connectivity index (χ3n) is 6.15. The van der Waals surface area contributed by atoms with E-state index in [0.29, 0.717) is 33.8 Å². The largest absolute Gasteiger partial charge is 0.491 e. The lowest BCUT2D eigenvalue weighted by Crippen LogP contribution is -2.36. The van der Waals surface area contributed by atoms with Crippen molar-refractivity contribution < 1.29 is 43.3 Å². The van der Waals surface area contributed by atoms with Crippen molar-refractivity contribution in [1.82, 2.24) is 4.90 Å². The summed E-state index contributed by atoms with van der Waals surface area (Å²) in [5.41, 5.74) is 2.63. The van der Waals surface area contributed by atoms with Gasteiger partial charge in [0, 0.05) is 11.1 Å². The SMILES string of the molecule is C=C(C)C(=O)c1ccc(OCCO)cc1.C=C(C)C(=O)c1ccc(OCCOC(=O)CN2C(=O)c3ccccc3C2=O)cc1. The number of Topliss-reactive ketones (excluding diaryl/α,β-unsaturated/α-hetero) is 2. The van der Waals surface area contributed by atoms with Crippen molar-refractivity contribution in [2.24, 2.45) is 0 Å². The maximum Gasteiger partial charge on any atom is 0.326 e. The summed E-state index contributed by atoms with van der Waals surface area (Å²) < 4.78 is 15.7. The number of fused-ring (bicyclic) bond motifs is 1. The number of hydrogen-bond acceptors (Lipinski definition) is 9. The highest BCUT2D eigenvalue weighted by molar-refractivity contribution is 6.22. The van der Waals surface area contributed by atoms with Gasteiger partial charge in [-0.15, -0.1) is 0 Å². The summed E-state index contributed by atoms with van der Waals surface area (Å²) in [5, 5.41) is 8.55. The van der Waals surface area contributed by atoms with Gasteiger partial charge in [-0.05, 0) is 85.7 Å². The molecule has 2 amide bonds. The zero-order chi connectivity index (χ0) is 32.2. The quantitative estimate of drug-likeness (QED) is 0.0991. The summed E-state index contributed by atoms with van der Waals surface area (Å²) in [4.78, 5) is 60.6. The van der Waals surface area contributed by atoms with Crippen LogP contribution in [0.1, 0.15) is 55.3 Å². The second-order valence-electron chi connectivity index (χ2n) is 9.65. The van der Waals surface area contributed by atoms with Crippen LogP contribution >= 0.6 is 0 Å². The molecule has 1 aliphatic rings. The summed E-state index contributed by atoms with van der Waals surface area (Å²) in [6, 6.07) is 19.7. The topological polar surface area (TPSA) is 137 Å². The Kier molecular flexibility index (Phi) is 11.9. The first-order chi connectivity index (χ1) is 21.0. The highest BCUT2D eigenvalue weighted by Crippen LogP contribution is 2.22. The maximum atomic E-state index is 12.2. The fourth-order valence-electron chi connectivity index (χ4n) is 3.93. The van der Waals surface area contributed by atoms with Gasteiger partial charge in [0.25, 0.3) is 11.8 Å². The third kappa shape index (κ3) is 8.83. The van der Waals surface area contributed by atoms with Gasteiger partial charge < -0.3 is 19.3 Å². The first-order valence-electron chi connectivity index (χ1n) is 13.6. The van der Waals surface area contributed by atoms with Crippen molar-refractivity contribution >= 4 is 29.4 Å². The molecule has 0 bridgehead atoms. The van der Waals surface area contributed by atoms with Gasteiger partial charge in [0.1, 0.15) is 37.9 Å². The molecule has 1 N–H and O–H groups in total. The molecule has 0 aromatic heterocycles. The summed E-state index contributed by atoms with van der Waals surface area (Å²) in [5.74, 6) is -0.777. The minimum absolute atomic E-state index is 0.0214. The van der Waals surface area contributed by atoms with E-state index in [1.54, 1.807) is 86.6 Å². The number of esters is 1. The number of rotatable bonds is 13. The number of hydrogen-bond donors (Lipinski definition) is 1. The number of aliphatic hydroxyl groups is 1. The molecule has 0 radical (unpaired) electrons. The van der Waals surface area contributed by atoms with E-state index < -0.39 is 24.3 Å². The van der Waals surface area contributed by atoms with Crippen LogP contribution in [0.5, 0.6) is 11.5 Å². The Morgan fingerprint density at radius 2 is 1.11 bits per heavy atom. The first-order valence-corrected chi connectivity index (χ1v) is 13.6. The van der Waals surface area contributed by atoms with Crippen LogP contribution in [0.2, 0.25) is 0 Å². The predicted molar refractivity (Wildman–Crippen MR) is 162 cm³/mol. The zero-order valence-electron chi connectivity index (χ0n) is 24.5. The molecule has 0 aliphatic carbocycles. The summed E-state index contributed by atoms with van der Waals surface area (Å²) >= 11 is 0. The van der Waals surface area contributed by atoms with Crippen molar-refractivity contribution in [2.45, 2.75) is 13.8 Å². The monoisotopic (exact) mass is 599 g/mol. The summed E-state index contributed by atoms with van der Waals surface area (Å²) in [6.45, 7) is 10.3. The number of ether oxygens (including phenoxy) is 3. The Balaban J connectivity index is 0.000000297. The number of imide groups is 1. The van der Waals surface area contributed by atoms with Gasteiger partial charge in [-0.1, -0.05) is 25.3 Å². The normalized spacial score (nSPS) is 11.6. The molecule has 1 aliphatic heterocycles. The van der Waals surface area contributed by atoms with Crippen LogP contribution < -0.4 is 9.47 Å². The standard InChI is InChI=1S/C22H19NO6.C12H14O3/c1-14(2)20(25)15-7-9-16(10-8-15)28-11-12-29-19(24)13-23-21(26)17-5-3-4-6-18(17)22(23)27;1-9(2)12(14)10-3-5-11(6-4-10)15-8-7-13/h3-10H,1,11-13H2,2H3;3-6,13H,1,7-8H2,2H3. The van der Waals surface area contributed by atoms with E-state index in [9.17, 15) is 24.0 Å². The molecule has 0 saturated carbocycles. The van der Waals surface area contributed by atoms with E-state index >= 15 is 0 Å². The number of carbonyl (C=O) groups excluding carboxylic acids is 5. The molecule has 44 heavy (non-hydrogen) atoms. The Bertz CT molecular complexity index is 1520. The molecule has 0 spiro atoms. The second-order valence-corrected chi connectivity index (χ2v) is 9.65. The van der Waals surface area contributed by atoms with Gasteiger partial charge in [0.05, 0.1) is 17.7 Å². The molecule has 10 heteroatoms. The molecule has 1 heterocycles. The van der Waals surface area contributed by atoms with Crippen LogP contribution in [0.4, 0.5) is 0 Å². The van der Waals surface area contributed by atoms with Gasteiger partial charge in [-0.2, -0.15) is 0 Å². The lowest BCUT2D eigenvalue weighted by atomic mass is 10.1. The molecular formula is C34H33NO9. The lowest BCUT2D eigenvalue weighted by molar-refractivity contribution is -0.144. The predicted octanol–water partition coefficient (Wildman–Crippen LogP) is 4.48. The van der Waals surface area contributed by atoms with Gasteiger partial charge in [0.2, 0.25) is 0 Å². The van der Waals surface area contributed by atoms with Gasteiger partial charge in [-0.25, -0.2) is 0 Å². The summed E-state index contributed by atoms with van der Waals surface area (Å²) in [7, 11) is 0. The van der Waals surface area contributed by atoms with Crippen LogP contribution in [0.25, 0.3) is 0 Å². The Labute approximate surface area is 255 Å². The Morgan fingerprint density at radius 1 is 0.682 bits per heavy atom. The van der Waals surface area contributed by atoms with Crippen LogP contribution in [0.15, 0.2) is 97.1 Å². The molecule has 3 aromatic carbocycles. The van der Waals surface area contributed by atoms with Gasteiger partial charge >= 0.3 is 5.97 Å². The highest BCUT2D eigenvalue weighted by atomic mass is 16.6. The van der Waals surface area contributed by atoms with E-state index in [1.165, 1.54) is 0 Å². The second kappa shape index (κ2) is 15.8. The summed E-state index contributed by atoms with van der Waals surface area (Å²) in [6.07, 6.45) is 0. The molecule has 228 valence electrons. The highest BCUT2D eigenvalue weighted by Gasteiger charge is 2.36. The Morgan fingerprint density at radius 3 is 1.52 bits per heavy atom. The van der Waals surface area contributed by atoms with Crippen LogP contribution in [0, 0.1) is 0 Å². The number of allylic oxidation sites excluding steroid dienone is 2. The Hall–Kier alpha value is -5.35. The van der Waals surface area contributed by atoms with Crippen LogP contribution in [0.3, 0.4) is 0 Å². The number of benzene rings is 3. The van der Waals surface area contributed by atoms with Crippen molar-refractivity contribution in [1.29, 1.82) is 0 Å². The van der Waals surface area contributed by atoms with Crippen molar-refractivity contribution in [3.63, 3.8) is 0 Å². The van der Waals surface area contributed by atoms with Crippen LogP contribution in [-0.2, 0) is 9.53 Å². The first kappa shape index (κ1) is 33.2. The van der Waals surface area contributed by atoms with E-state index in [4.69, 9.17) is 19.3 Å². The molecule has 0 saturated heterocycles. The third-order valence-corrected chi connectivity index (χ3v) is 6.15. The van der Waals surface area contributed by atoms with E-state index in [0.717, 1.165) is 4.90 Å². The molecule has 10 nitrogen and oxygen atoms in total. The van der Waals surface area contributed by atoms with E-state index in [1.807, 2.05) is 0 Å². The van der Waals surface area contributed by atoms with Gasteiger partial charge in [0.15, 0.2) is 11.6 Å². The molecule has 4 rings (SSSR count). The maximum absolute atomic E-state index is 12.2. The fraction of sp³-hybridized carbons (Fsp3) is 0.206. The van der Waals surface area contributed by atoms with Crippen LogP contribution in [-0.4, -0.2) is 72.3 Å². The molecule has 0 unspecified atom stereocenters.